The Hall–Kier alpha value is -1.35. The first-order valence-electron chi connectivity index (χ1n) is 4.24. The number of carbonyl (C=O) groups excluding carboxylic acids is 1. The molecular weight excluding hydrogens is 166 g/mol. The molecule has 1 radical (unpaired) electrons. The Morgan fingerprint density at radius 3 is 3.15 bits per heavy atom. The van der Waals surface area contributed by atoms with E-state index in [2.05, 4.69) is 11.4 Å². The van der Waals surface area contributed by atoms with Crippen LogP contribution in [-0.4, -0.2) is 13.0 Å². The van der Waals surface area contributed by atoms with Crippen LogP contribution in [0.2, 0.25) is 0 Å². The van der Waals surface area contributed by atoms with E-state index in [1.54, 1.807) is 6.41 Å². The topological polar surface area (TPSA) is 38.3 Å². The molecule has 2 rings (SSSR count). The van der Waals surface area contributed by atoms with Crippen LogP contribution in [0.15, 0.2) is 24.3 Å². The van der Waals surface area contributed by atoms with Gasteiger partial charge >= 0.3 is 6.41 Å². The Bertz CT molecular complexity index is 312. The monoisotopic (exact) mass is 176 g/mol. The summed E-state index contributed by atoms with van der Waals surface area (Å²) in [6.07, 6.45) is 2.25. The van der Waals surface area contributed by atoms with Gasteiger partial charge in [0.15, 0.2) is 6.23 Å². The second-order valence-corrected chi connectivity index (χ2v) is 2.95. The van der Waals surface area contributed by atoms with Crippen molar-refractivity contribution in [1.82, 2.24) is 5.32 Å². The molecule has 67 valence electrons. The third-order valence-corrected chi connectivity index (χ3v) is 2.18. The molecule has 1 amide bonds. The van der Waals surface area contributed by atoms with E-state index < -0.39 is 0 Å². The molecule has 0 spiro atoms. The average Bonchev–Trinajstić information content (AvgIpc) is 2.19. The summed E-state index contributed by atoms with van der Waals surface area (Å²) in [7, 11) is 0. The summed E-state index contributed by atoms with van der Waals surface area (Å²) in [6, 6.07) is 7.94. The van der Waals surface area contributed by atoms with Crippen molar-refractivity contribution in [1.29, 1.82) is 0 Å². The maximum atomic E-state index is 10.2. The van der Waals surface area contributed by atoms with E-state index in [1.807, 2.05) is 18.2 Å². The van der Waals surface area contributed by atoms with Crippen LogP contribution in [0.3, 0.4) is 0 Å². The van der Waals surface area contributed by atoms with E-state index in [4.69, 9.17) is 4.74 Å². The van der Waals surface area contributed by atoms with Gasteiger partial charge in [0.05, 0.1) is 6.61 Å². The molecule has 1 aromatic carbocycles. The molecule has 3 heteroatoms. The van der Waals surface area contributed by atoms with E-state index in [0.29, 0.717) is 6.61 Å². The highest BCUT2D eigenvalue weighted by Gasteiger charge is 2.19. The first kappa shape index (κ1) is 8.26. The van der Waals surface area contributed by atoms with Crippen molar-refractivity contribution >= 4 is 6.41 Å². The molecule has 1 aromatic rings. The summed E-state index contributed by atoms with van der Waals surface area (Å²) < 4.78 is 5.37. The zero-order chi connectivity index (χ0) is 9.10. The van der Waals surface area contributed by atoms with E-state index in [9.17, 15) is 4.79 Å². The van der Waals surface area contributed by atoms with Crippen LogP contribution in [0.1, 0.15) is 17.4 Å². The Morgan fingerprint density at radius 2 is 2.31 bits per heavy atom. The Labute approximate surface area is 76.7 Å². The fraction of sp³-hybridized carbons (Fsp3) is 0.300. The van der Waals surface area contributed by atoms with Crippen molar-refractivity contribution in [3.8, 4) is 0 Å². The molecule has 0 saturated carbocycles. The van der Waals surface area contributed by atoms with Gasteiger partial charge in [-0.2, -0.15) is 0 Å². The number of hydrogen-bond donors (Lipinski definition) is 1. The second kappa shape index (κ2) is 3.58. The van der Waals surface area contributed by atoms with Crippen LogP contribution in [-0.2, 0) is 16.0 Å². The molecule has 1 atom stereocenters. The lowest BCUT2D eigenvalue weighted by atomic mass is 10.0. The van der Waals surface area contributed by atoms with E-state index in [1.165, 1.54) is 5.56 Å². The third-order valence-electron chi connectivity index (χ3n) is 2.18. The standard InChI is InChI=1S/C10H10NO2/c12-7-11-10-9-4-2-1-3-8(9)5-6-13-10/h1-4,10H,5-6H2,(H,11,12)/t10-/m0/s1. The minimum Gasteiger partial charge on any atom is -0.354 e. The molecule has 1 aliphatic rings. The number of benzene rings is 1. The van der Waals surface area contributed by atoms with Gasteiger partial charge in [0.25, 0.3) is 0 Å². The van der Waals surface area contributed by atoms with Gasteiger partial charge < -0.3 is 10.1 Å². The maximum absolute atomic E-state index is 10.2. The molecule has 0 unspecified atom stereocenters. The quantitative estimate of drug-likeness (QED) is 0.680. The highest BCUT2D eigenvalue weighted by atomic mass is 16.5. The fourth-order valence-electron chi connectivity index (χ4n) is 1.57. The molecule has 1 heterocycles. The van der Waals surface area contributed by atoms with Crippen molar-refractivity contribution in [3.05, 3.63) is 35.4 Å². The lowest BCUT2D eigenvalue weighted by Gasteiger charge is -2.24. The molecule has 1 N–H and O–H groups in total. The Kier molecular flexibility index (Phi) is 2.27. The molecule has 13 heavy (non-hydrogen) atoms. The van der Waals surface area contributed by atoms with Crippen molar-refractivity contribution in [2.75, 3.05) is 6.61 Å². The van der Waals surface area contributed by atoms with Crippen LogP contribution in [0.4, 0.5) is 0 Å². The molecule has 0 fully saturated rings. The van der Waals surface area contributed by atoms with Crippen molar-refractivity contribution in [2.24, 2.45) is 0 Å². The summed E-state index contributed by atoms with van der Waals surface area (Å²) in [6.45, 7) is 0.649. The minimum atomic E-state index is -0.317. The molecule has 3 nitrogen and oxygen atoms in total. The fourth-order valence-corrected chi connectivity index (χ4v) is 1.57. The summed E-state index contributed by atoms with van der Waals surface area (Å²) in [5.41, 5.74) is 2.28. The van der Waals surface area contributed by atoms with Gasteiger partial charge in [-0.15, -0.1) is 0 Å². The van der Waals surface area contributed by atoms with Gasteiger partial charge in [0.2, 0.25) is 0 Å². The normalized spacial score (nSPS) is 20.5. The number of ether oxygens (including phenoxy) is 1. The largest absolute Gasteiger partial charge is 0.354 e. The Balaban J connectivity index is 2.31. The first-order valence-corrected chi connectivity index (χ1v) is 4.24. The molecule has 0 aliphatic carbocycles. The summed E-state index contributed by atoms with van der Waals surface area (Å²) in [5, 5.41) is 2.51. The SMILES string of the molecule is O=[C]N[C@H]1OCCc2ccccc21. The highest BCUT2D eigenvalue weighted by molar-refractivity contribution is 5.49. The molecule has 0 bridgehead atoms. The zero-order valence-corrected chi connectivity index (χ0v) is 7.12. The maximum Gasteiger partial charge on any atom is 0.311 e. The molecule has 0 aromatic heterocycles. The third kappa shape index (κ3) is 1.55. The number of nitrogens with one attached hydrogen (secondary N) is 1. The number of rotatable bonds is 2. The minimum absolute atomic E-state index is 0.317. The number of fused-ring (bicyclic) bond motifs is 1. The van der Waals surface area contributed by atoms with Crippen molar-refractivity contribution in [3.63, 3.8) is 0 Å². The van der Waals surface area contributed by atoms with Crippen molar-refractivity contribution in [2.45, 2.75) is 12.6 Å². The van der Waals surface area contributed by atoms with Gasteiger partial charge in [-0.25, -0.2) is 0 Å². The van der Waals surface area contributed by atoms with Crippen LogP contribution < -0.4 is 5.32 Å². The van der Waals surface area contributed by atoms with Gasteiger partial charge in [0, 0.05) is 5.56 Å². The number of amides is 1. The van der Waals surface area contributed by atoms with Gasteiger partial charge in [-0.3, -0.25) is 4.79 Å². The van der Waals surface area contributed by atoms with Gasteiger partial charge in [-0.1, -0.05) is 24.3 Å². The average molecular weight is 176 g/mol. The zero-order valence-electron chi connectivity index (χ0n) is 7.12. The van der Waals surface area contributed by atoms with E-state index >= 15 is 0 Å². The lowest BCUT2D eigenvalue weighted by molar-refractivity contribution is 0.0318. The van der Waals surface area contributed by atoms with Crippen molar-refractivity contribution < 1.29 is 9.53 Å². The summed E-state index contributed by atoms with van der Waals surface area (Å²) in [4.78, 5) is 10.2. The first-order chi connectivity index (χ1) is 6.42. The summed E-state index contributed by atoms with van der Waals surface area (Å²) >= 11 is 0. The molecular formula is C10H10NO2. The van der Waals surface area contributed by atoms with Crippen LogP contribution >= 0.6 is 0 Å². The summed E-state index contributed by atoms with van der Waals surface area (Å²) in [5.74, 6) is 0. The van der Waals surface area contributed by atoms with E-state index in [-0.39, 0.29) is 6.23 Å². The van der Waals surface area contributed by atoms with Crippen LogP contribution in [0.5, 0.6) is 0 Å². The van der Waals surface area contributed by atoms with Crippen LogP contribution in [0.25, 0.3) is 0 Å². The highest BCUT2D eigenvalue weighted by Crippen LogP contribution is 2.23. The molecule has 0 saturated heterocycles. The molecule has 1 aliphatic heterocycles. The lowest BCUT2D eigenvalue weighted by Crippen LogP contribution is -2.27. The number of hydrogen-bond acceptors (Lipinski definition) is 2. The van der Waals surface area contributed by atoms with Crippen LogP contribution in [0, 0.1) is 0 Å². The Morgan fingerprint density at radius 1 is 1.46 bits per heavy atom. The van der Waals surface area contributed by atoms with Gasteiger partial charge in [-0.05, 0) is 12.0 Å². The van der Waals surface area contributed by atoms with Gasteiger partial charge in [0.1, 0.15) is 0 Å². The smallest absolute Gasteiger partial charge is 0.311 e. The predicted molar refractivity (Wildman–Crippen MR) is 47.7 cm³/mol. The van der Waals surface area contributed by atoms with E-state index in [0.717, 1.165) is 12.0 Å². The predicted octanol–water partition coefficient (Wildman–Crippen LogP) is 0.915. The second-order valence-electron chi connectivity index (χ2n) is 2.95.